The number of oxazole rings is 1. The smallest absolute Gasteiger partial charge is 0.180 e. The normalized spacial score (nSPS) is 29.5. The SMILES string of the molecule is c1ccc(C2(c3cocn3)SCCNC2C2CCOCC2)cc1. The Morgan fingerprint density at radius 1 is 1.17 bits per heavy atom. The third-order valence-electron chi connectivity index (χ3n) is 4.99. The van der Waals surface area contributed by atoms with Crippen LogP contribution in [0.3, 0.4) is 0 Å². The number of aromatic nitrogens is 1. The van der Waals surface area contributed by atoms with Gasteiger partial charge in [-0.25, -0.2) is 4.98 Å². The predicted molar refractivity (Wildman–Crippen MR) is 91.5 cm³/mol. The van der Waals surface area contributed by atoms with Crippen LogP contribution in [0.5, 0.6) is 0 Å². The van der Waals surface area contributed by atoms with Gasteiger partial charge in [-0.15, -0.1) is 11.8 Å². The number of hydrogen-bond donors (Lipinski definition) is 1. The van der Waals surface area contributed by atoms with Crippen molar-refractivity contribution in [2.24, 2.45) is 5.92 Å². The van der Waals surface area contributed by atoms with E-state index < -0.39 is 0 Å². The summed E-state index contributed by atoms with van der Waals surface area (Å²) in [6.07, 6.45) is 5.57. The van der Waals surface area contributed by atoms with Crippen LogP contribution < -0.4 is 5.32 Å². The fourth-order valence-corrected chi connectivity index (χ4v) is 5.48. The van der Waals surface area contributed by atoms with Crippen molar-refractivity contribution in [3.63, 3.8) is 0 Å². The third kappa shape index (κ3) is 2.71. The molecule has 3 heterocycles. The Labute approximate surface area is 141 Å². The van der Waals surface area contributed by atoms with Gasteiger partial charge >= 0.3 is 0 Å². The van der Waals surface area contributed by atoms with Gasteiger partial charge in [0.2, 0.25) is 0 Å². The van der Waals surface area contributed by atoms with Crippen LogP contribution in [0.4, 0.5) is 0 Å². The molecule has 5 heteroatoms. The summed E-state index contributed by atoms with van der Waals surface area (Å²) in [5, 5.41) is 3.81. The Bertz CT molecular complexity index is 613. The molecule has 2 fully saturated rings. The molecule has 122 valence electrons. The van der Waals surface area contributed by atoms with E-state index in [0.717, 1.165) is 44.0 Å². The molecule has 2 aromatic rings. The Morgan fingerprint density at radius 2 is 2.00 bits per heavy atom. The zero-order valence-electron chi connectivity index (χ0n) is 13.1. The van der Waals surface area contributed by atoms with Gasteiger partial charge in [0, 0.05) is 31.6 Å². The lowest BCUT2D eigenvalue weighted by atomic mass is 9.77. The van der Waals surface area contributed by atoms with E-state index in [9.17, 15) is 0 Å². The highest BCUT2D eigenvalue weighted by Gasteiger charge is 2.49. The van der Waals surface area contributed by atoms with Gasteiger partial charge in [-0.2, -0.15) is 0 Å². The summed E-state index contributed by atoms with van der Waals surface area (Å²) >= 11 is 2.00. The second-order valence-electron chi connectivity index (χ2n) is 6.21. The molecule has 2 aliphatic heterocycles. The van der Waals surface area contributed by atoms with Crippen LogP contribution in [0.1, 0.15) is 24.1 Å². The summed E-state index contributed by atoms with van der Waals surface area (Å²) in [6.45, 7) is 2.76. The summed E-state index contributed by atoms with van der Waals surface area (Å²) in [5.41, 5.74) is 2.33. The van der Waals surface area contributed by atoms with E-state index in [1.54, 1.807) is 6.39 Å². The number of benzene rings is 1. The average Bonchev–Trinajstić information content (AvgIpc) is 3.18. The van der Waals surface area contributed by atoms with E-state index in [1.807, 2.05) is 18.0 Å². The van der Waals surface area contributed by atoms with E-state index in [1.165, 1.54) is 5.56 Å². The maximum Gasteiger partial charge on any atom is 0.180 e. The zero-order valence-corrected chi connectivity index (χ0v) is 13.9. The van der Waals surface area contributed by atoms with Crippen molar-refractivity contribution < 1.29 is 9.15 Å². The molecule has 1 N–H and O–H groups in total. The lowest BCUT2D eigenvalue weighted by molar-refractivity contribution is 0.0491. The molecule has 2 saturated heterocycles. The first-order valence-electron chi connectivity index (χ1n) is 8.30. The van der Waals surface area contributed by atoms with E-state index in [2.05, 4.69) is 40.6 Å². The fourth-order valence-electron chi connectivity index (χ4n) is 3.93. The van der Waals surface area contributed by atoms with E-state index in [4.69, 9.17) is 9.15 Å². The summed E-state index contributed by atoms with van der Waals surface area (Å²) < 4.78 is 10.8. The molecule has 0 amide bonds. The average molecular weight is 330 g/mol. The van der Waals surface area contributed by atoms with Crippen molar-refractivity contribution in [1.29, 1.82) is 0 Å². The molecular weight excluding hydrogens is 308 g/mol. The van der Waals surface area contributed by atoms with Crippen molar-refractivity contribution in [2.75, 3.05) is 25.5 Å². The van der Waals surface area contributed by atoms with E-state index >= 15 is 0 Å². The van der Waals surface area contributed by atoms with Crippen LogP contribution in [-0.4, -0.2) is 36.5 Å². The lowest BCUT2D eigenvalue weighted by Crippen LogP contribution is -2.56. The minimum absolute atomic E-state index is 0.186. The zero-order chi connectivity index (χ0) is 15.5. The minimum atomic E-state index is -0.186. The Kier molecular flexibility index (Phi) is 4.42. The number of thioether (sulfide) groups is 1. The lowest BCUT2D eigenvalue weighted by Gasteiger charge is -2.47. The molecule has 0 saturated carbocycles. The Hall–Kier alpha value is -1.30. The molecule has 1 aromatic carbocycles. The molecule has 0 aliphatic carbocycles. The van der Waals surface area contributed by atoms with Gasteiger partial charge in [-0.1, -0.05) is 30.3 Å². The molecule has 2 unspecified atom stereocenters. The second-order valence-corrected chi connectivity index (χ2v) is 7.55. The quantitative estimate of drug-likeness (QED) is 0.937. The van der Waals surface area contributed by atoms with Gasteiger partial charge in [-0.05, 0) is 24.3 Å². The first-order valence-corrected chi connectivity index (χ1v) is 9.29. The van der Waals surface area contributed by atoms with Crippen LogP contribution in [0.15, 0.2) is 47.4 Å². The first-order chi connectivity index (χ1) is 11.4. The maximum atomic E-state index is 5.59. The molecule has 2 atom stereocenters. The van der Waals surface area contributed by atoms with E-state index in [-0.39, 0.29) is 4.75 Å². The molecule has 4 rings (SSSR count). The van der Waals surface area contributed by atoms with Gasteiger partial charge in [0.1, 0.15) is 16.7 Å². The summed E-state index contributed by atoms with van der Waals surface area (Å²) in [4.78, 5) is 4.57. The van der Waals surface area contributed by atoms with Crippen molar-refractivity contribution in [1.82, 2.24) is 10.3 Å². The maximum absolute atomic E-state index is 5.59. The number of nitrogens with one attached hydrogen (secondary N) is 1. The summed E-state index contributed by atoms with van der Waals surface area (Å²) in [5.74, 6) is 1.66. The first kappa shape index (κ1) is 15.2. The van der Waals surface area contributed by atoms with Crippen LogP contribution in [0.2, 0.25) is 0 Å². The molecular formula is C18H22N2O2S. The number of rotatable bonds is 3. The predicted octanol–water partition coefficient (Wildman–Crippen LogP) is 3.05. The standard InChI is InChI=1S/C18H22N2O2S/c1-2-4-15(5-3-1)18(16-12-22-13-20-16)17(19-8-11-23-18)14-6-9-21-10-7-14/h1-5,12-14,17,19H,6-11H2. The number of hydrogen-bond acceptors (Lipinski definition) is 5. The Morgan fingerprint density at radius 3 is 2.74 bits per heavy atom. The topological polar surface area (TPSA) is 47.3 Å². The summed E-state index contributed by atoms with van der Waals surface area (Å²) in [6, 6.07) is 11.1. The largest absolute Gasteiger partial charge is 0.451 e. The van der Waals surface area contributed by atoms with E-state index in [0.29, 0.717) is 12.0 Å². The van der Waals surface area contributed by atoms with Gasteiger partial charge in [0.15, 0.2) is 6.39 Å². The van der Waals surface area contributed by atoms with Gasteiger partial charge < -0.3 is 14.5 Å². The van der Waals surface area contributed by atoms with Gasteiger partial charge in [0.05, 0.1) is 0 Å². The highest BCUT2D eigenvalue weighted by molar-refractivity contribution is 8.00. The molecule has 0 spiro atoms. The van der Waals surface area contributed by atoms with Crippen molar-refractivity contribution in [2.45, 2.75) is 23.6 Å². The van der Waals surface area contributed by atoms with Crippen molar-refractivity contribution >= 4 is 11.8 Å². The molecule has 23 heavy (non-hydrogen) atoms. The van der Waals surface area contributed by atoms with Crippen LogP contribution in [0, 0.1) is 5.92 Å². The molecule has 2 aliphatic rings. The second kappa shape index (κ2) is 6.67. The fraction of sp³-hybridized carbons (Fsp3) is 0.500. The number of nitrogens with zero attached hydrogens (tertiary/aromatic N) is 1. The minimum Gasteiger partial charge on any atom is -0.451 e. The van der Waals surface area contributed by atoms with Gasteiger partial charge in [0.25, 0.3) is 0 Å². The van der Waals surface area contributed by atoms with Crippen molar-refractivity contribution in [3.8, 4) is 0 Å². The monoisotopic (exact) mass is 330 g/mol. The third-order valence-corrected chi connectivity index (χ3v) is 6.55. The highest BCUT2D eigenvalue weighted by Crippen LogP contribution is 2.50. The molecule has 1 aromatic heterocycles. The molecule has 0 radical (unpaired) electrons. The molecule has 4 nitrogen and oxygen atoms in total. The van der Waals surface area contributed by atoms with Crippen LogP contribution in [0.25, 0.3) is 0 Å². The highest BCUT2D eigenvalue weighted by atomic mass is 32.2. The van der Waals surface area contributed by atoms with Gasteiger partial charge in [-0.3, -0.25) is 0 Å². The van der Waals surface area contributed by atoms with Crippen molar-refractivity contribution in [3.05, 3.63) is 54.2 Å². The van der Waals surface area contributed by atoms with Crippen LogP contribution in [-0.2, 0) is 9.48 Å². The Balaban J connectivity index is 1.81. The van der Waals surface area contributed by atoms with Crippen LogP contribution >= 0.6 is 11.8 Å². The summed E-state index contributed by atoms with van der Waals surface area (Å²) in [7, 11) is 0. The number of ether oxygens (including phenoxy) is 1. The molecule has 0 bridgehead atoms.